The van der Waals surface area contributed by atoms with Crippen LogP contribution in [0.2, 0.25) is 10.0 Å². The Balaban J connectivity index is 0.000000156. The minimum Gasteiger partial charge on any atom is -0.335 e. The Kier molecular flexibility index (Phi) is 12.7. The highest BCUT2D eigenvalue weighted by molar-refractivity contribution is 6.31. The first-order chi connectivity index (χ1) is 29.8. The van der Waals surface area contributed by atoms with E-state index in [1.165, 1.54) is 81.6 Å². The number of allylic oxidation sites excluding steroid dienone is 2. The molecule has 0 bridgehead atoms. The number of pyridine rings is 2. The second kappa shape index (κ2) is 18.6. The standard InChI is InChI=1S/C26H29ClN4.C25H27ClN4/c1-18-28-11-15-31(18)14-9-20-16-21-4-3-10-29-26(21)25(19-7-12-30(2)13-8-19)23-6-5-22(27)17-24(20)23;1-17-28-12-14-30(17)13-8-19-15-20-3-2-9-29-25(20)24(18-6-10-27-11-7-18)22-5-4-21(26)16-23(19)22/h3-6,10-11,15-17,19,25H,7-9,12-14H2,1-2H3;2-5,9,12,14-16,18,24,27H,6-8,10-11,13H2,1H3. The molecule has 6 heterocycles. The van der Waals surface area contributed by atoms with Crippen molar-refractivity contribution >= 4 is 46.5 Å². The van der Waals surface area contributed by atoms with Crippen molar-refractivity contribution in [3.63, 3.8) is 0 Å². The van der Waals surface area contributed by atoms with Gasteiger partial charge in [0.1, 0.15) is 11.6 Å². The zero-order chi connectivity index (χ0) is 41.9. The minimum atomic E-state index is 0.305. The van der Waals surface area contributed by atoms with Gasteiger partial charge < -0.3 is 19.4 Å². The third-order valence-corrected chi connectivity index (χ3v) is 14.0. The number of nitrogens with zero attached hydrogens (tertiary/aromatic N) is 7. The molecule has 0 spiro atoms. The highest BCUT2D eigenvalue weighted by Gasteiger charge is 2.35. The molecule has 2 aliphatic heterocycles. The number of imidazole rings is 2. The molecule has 0 amide bonds. The van der Waals surface area contributed by atoms with E-state index in [1.807, 2.05) is 36.9 Å². The number of benzene rings is 2. The van der Waals surface area contributed by atoms with Crippen LogP contribution in [0, 0.1) is 25.7 Å². The average Bonchev–Trinajstić information content (AvgIpc) is 3.82. The predicted octanol–water partition coefficient (Wildman–Crippen LogP) is 11.0. The maximum absolute atomic E-state index is 6.52. The van der Waals surface area contributed by atoms with Gasteiger partial charge in [-0.2, -0.15) is 0 Å². The van der Waals surface area contributed by atoms with Gasteiger partial charge in [-0.05, 0) is 191 Å². The summed E-state index contributed by atoms with van der Waals surface area (Å²) in [6, 6.07) is 21.4. The van der Waals surface area contributed by atoms with E-state index in [-0.39, 0.29) is 0 Å². The molecule has 8 nitrogen and oxygen atoms in total. The molecule has 10 rings (SSSR count). The fourth-order valence-electron chi connectivity index (χ4n) is 10.3. The van der Waals surface area contributed by atoms with Gasteiger partial charge in [-0.1, -0.05) is 47.5 Å². The number of hydrogen-bond acceptors (Lipinski definition) is 6. The molecule has 4 aliphatic rings. The van der Waals surface area contributed by atoms with Crippen LogP contribution in [0.25, 0.3) is 23.3 Å². The molecule has 0 radical (unpaired) electrons. The summed E-state index contributed by atoms with van der Waals surface area (Å²) in [7, 11) is 2.22. The number of hydrogen-bond donors (Lipinski definition) is 1. The monoisotopic (exact) mass is 850 g/mol. The Hall–Kier alpha value is -4.86. The lowest BCUT2D eigenvalue weighted by Crippen LogP contribution is -2.33. The van der Waals surface area contributed by atoms with Crippen molar-refractivity contribution < 1.29 is 0 Å². The van der Waals surface area contributed by atoms with Gasteiger partial charge in [-0.3, -0.25) is 9.97 Å². The highest BCUT2D eigenvalue weighted by Crippen LogP contribution is 2.47. The first-order valence-corrected chi connectivity index (χ1v) is 22.8. The van der Waals surface area contributed by atoms with Gasteiger partial charge in [-0.25, -0.2) is 9.97 Å². The fraction of sp³-hybridized carbons (Fsp3) is 0.373. The second-order valence-corrected chi connectivity index (χ2v) is 18.2. The molecule has 314 valence electrons. The van der Waals surface area contributed by atoms with Crippen LogP contribution in [0.3, 0.4) is 0 Å². The molecule has 2 aromatic carbocycles. The van der Waals surface area contributed by atoms with E-state index in [0.717, 1.165) is 73.8 Å². The van der Waals surface area contributed by atoms with E-state index < -0.39 is 0 Å². The van der Waals surface area contributed by atoms with Crippen LogP contribution in [0.4, 0.5) is 0 Å². The number of fused-ring (bicyclic) bond motifs is 4. The zero-order valence-corrected chi connectivity index (χ0v) is 37.1. The molecule has 2 saturated heterocycles. The molecular weight excluding hydrogens is 796 g/mol. The minimum absolute atomic E-state index is 0.305. The van der Waals surface area contributed by atoms with Crippen molar-refractivity contribution in [1.82, 2.24) is 39.3 Å². The molecule has 4 aromatic heterocycles. The maximum Gasteiger partial charge on any atom is 0.105 e. The Morgan fingerprint density at radius 1 is 0.607 bits per heavy atom. The van der Waals surface area contributed by atoms with Gasteiger partial charge in [-0.15, -0.1) is 0 Å². The summed E-state index contributed by atoms with van der Waals surface area (Å²) in [5.74, 6) is 3.88. The largest absolute Gasteiger partial charge is 0.335 e. The van der Waals surface area contributed by atoms with E-state index in [1.54, 1.807) is 0 Å². The van der Waals surface area contributed by atoms with E-state index >= 15 is 0 Å². The molecule has 2 atom stereocenters. The summed E-state index contributed by atoms with van der Waals surface area (Å²) in [4.78, 5) is 21.0. The van der Waals surface area contributed by atoms with Gasteiger partial charge >= 0.3 is 0 Å². The summed E-state index contributed by atoms with van der Waals surface area (Å²) < 4.78 is 4.43. The van der Waals surface area contributed by atoms with Gasteiger partial charge in [0.05, 0.1) is 11.4 Å². The number of piperidine rings is 2. The lowest BCUT2D eigenvalue weighted by molar-refractivity contribution is 0.206. The molecule has 2 unspecified atom stereocenters. The van der Waals surface area contributed by atoms with Gasteiger partial charge in [0.15, 0.2) is 0 Å². The van der Waals surface area contributed by atoms with Crippen LogP contribution < -0.4 is 5.32 Å². The Labute approximate surface area is 370 Å². The molecular formula is C51H56Cl2N8. The number of rotatable bonds is 8. The van der Waals surface area contributed by atoms with Crippen LogP contribution in [0.1, 0.15) is 107 Å². The maximum atomic E-state index is 6.52. The van der Waals surface area contributed by atoms with Crippen LogP contribution in [0.5, 0.6) is 0 Å². The summed E-state index contributed by atoms with van der Waals surface area (Å²) in [5, 5.41) is 5.10. The average molecular weight is 852 g/mol. The summed E-state index contributed by atoms with van der Waals surface area (Å²) in [6.07, 6.45) is 23.0. The zero-order valence-electron chi connectivity index (χ0n) is 35.6. The highest BCUT2D eigenvalue weighted by atomic mass is 35.5. The van der Waals surface area contributed by atoms with Crippen molar-refractivity contribution in [2.24, 2.45) is 11.8 Å². The van der Waals surface area contributed by atoms with Crippen LogP contribution in [-0.4, -0.2) is 67.2 Å². The quantitative estimate of drug-likeness (QED) is 0.164. The number of halogens is 2. The number of aromatic nitrogens is 6. The first kappa shape index (κ1) is 41.5. The van der Waals surface area contributed by atoms with Gasteiger partial charge in [0.25, 0.3) is 0 Å². The number of likely N-dealkylation sites (tertiary alicyclic amines) is 1. The molecule has 1 N–H and O–H groups in total. The van der Waals surface area contributed by atoms with Gasteiger partial charge in [0.2, 0.25) is 0 Å². The van der Waals surface area contributed by atoms with E-state index in [0.29, 0.717) is 23.7 Å². The van der Waals surface area contributed by atoms with Crippen molar-refractivity contribution in [3.05, 3.63) is 164 Å². The molecule has 61 heavy (non-hydrogen) atoms. The second-order valence-electron chi connectivity index (χ2n) is 17.3. The van der Waals surface area contributed by atoms with Crippen molar-refractivity contribution in [2.45, 2.75) is 77.3 Å². The smallest absolute Gasteiger partial charge is 0.105 e. The summed E-state index contributed by atoms with van der Waals surface area (Å²) in [6.45, 7) is 10.4. The molecule has 2 aliphatic carbocycles. The SMILES string of the molecule is Cc1nccn1CCC1=Cc2cccnc2C(C2CCN(C)CC2)c2ccc(Cl)cc21.Cc1nccn1CCC1=Cc2cccnc2C(C2CCNCC2)c2ccc(Cl)cc21. The molecule has 0 saturated carbocycles. The summed E-state index contributed by atoms with van der Waals surface area (Å²) in [5.41, 5.74) is 12.9. The predicted molar refractivity (Wildman–Crippen MR) is 250 cm³/mol. The van der Waals surface area contributed by atoms with Crippen molar-refractivity contribution in [3.8, 4) is 0 Å². The van der Waals surface area contributed by atoms with E-state index in [9.17, 15) is 0 Å². The van der Waals surface area contributed by atoms with Crippen molar-refractivity contribution in [1.29, 1.82) is 0 Å². The number of nitrogens with one attached hydrogen (secondary N) is 1. The first-order valence-electron chi connectivity index (χ1n) is 22.1. The Morgan fingerprint density at radius 3 is 1.54 bits per heavy atom. The topological polar surface area (TPSA) is 76.7 Å². The van der Waals surface area contributed by atoms with Crippen molar-refractivity contribution in [2.75, 3.05) is 33.2 Å². The summed E-state index contributed by atoms with van der Waals surface area (Å²) >= 11 is 13.0. The van der Waals surface area contributed by atoms with E-state index in [2.05, 4.69) is 123 Å². The normalized spacial score (nSPS) is 19.2. The molecule has 2 fully saturated rings. The number of aryl methyl sites for hydroxylation is 4. The lowest BCUT2D eigenvalue weighted by Gasteiger charge is -2.35. The van der Waals surface area contributed by atoms with Gasteiger partial charge in [0, 0.05) is 72.2 Å². The van der Waals surface area contributed by atoms with E-state index in [4.69, 9.17) is 33.2 Å². The fourth-order valence-corrected chi connectivity index (χ4v) is 10.6. The van der Waals surface area contributed by atoms with Crippen LogP contribution >= 0.6 is 23.2 Å². The third kappa shape index (κ3) is 9.05. The lowest BCUT2D eigenvalue weighted by atomic mass is 9.76. The Bertz CT molecular complexity index is 2540. The third-order valence-electron chi connectivity index (χ3n) is 13.6. The molecule has 6 aromatic rings. The van der Waals surface area contributed by atoms with Crippen LogP contribution in [-0.2, 0) is 13.1 Å². The molecule has 10 heteroatoms. The Morgan fingerprint density at radius 2 is 1.08 bits per heavy atom. The van der Waals surface area contributed by atoms with Crippen LogP contribution in [0.15, 0.2) is 97.8 Å².